The lowest BCUT2D eigenvalue weighted by atomic mass is 10.0. The third-order valence-electron chi connectivity index (χ3n) is 3.25. The molecular weight excluding hydrogens is 239 g/mol. The summed E-state index contributed by atoms with van der Waals surface area (Å²) in [4.78, 5) is 0. The van der Waals surface area contributed by atoms with Crippen molar-refractivity contribution < 1.29 is 9.13 Å². The quantitative estimate of drug-likeness (QED) is 0.745. The highest BCUT2D eigenvalue weighted by atomic mass is 19.1. The standard InChI is InChI=1S/C17H19FO/c1-3-4-5-13-6-11-16(17(18)12-13)14-7-9-15(19-2)10-8-14/h6-12H,3-5H2,1-2H3. The highest BCUT2D eigenvalue weighted by Crippen LogP contribution is 2.26. The maximum Gasteiger partial charge on any atom is 0.131 e. The van der Waals surface area contributed by atoms with Gasteiger partial charge in [-0.05, 0) is 42.2 Å². The van der Waals surface area contributed by atoms with Crippen molar-refractivity contribution in [3.63, 3.8) is 0 Å². The van der Waals surface area contributed by atoms with Crippen LogP contribution in [0.15, 0.2) is 42.5 Å². The first-order valence-corrected chi connectivity index (χ1v) is 6.67. The van der Waals surface area contributed by atoms with Gasteiger partial charge in [0.25, 0.3) is 0 Å². The number of hydrogen-bond acceptors (Lipinski definition) is 1. The highest BCUT2D eigenvalue weighted by Gasteiger charge is 2.06. The molecule has 2 aromatic carbocycles. The van der Waals surface area contributed by atoms with Gasteiger partial charge in [-0.3, -0.25) is 0 Å². The summed E-state index contributed by atoms with van der Waals surface area (Å²) in [6.45, 7) is 2.14. The number of hydrogen-bond donors (Lipinski definition) is 0. The van der Waals surface area contributed by atoms with Crippen LogP contribution in [0.1, 0.15) is 25.3 Å². The van der Waals surface area contributed by atoms with E-state index in [1.165, 1.54) is 0 Å². The van der Waals surface area contributed by atoms with Gasteiger partial charge < -0.3 is 4.74 Å². The number of halogens is 1. The Bertz CT molecular complexity index is 531. The van der Waals surface area contributed by atoms with Crippen LogP contribution in [0.4, 0.5) is 4.39 Å². The first-order valence-electron chi connectivity index (χ1n) is 6.67. The van der Waals surface area contributed by atoms with E-state index >= 15 is 0 Å². The molecule has 100 valence electrons. The van der Waals surface area contributed by atoms with Gasteiger partial charge in [0, 0.05) is 5.56 Å². The smallest absolute Gasteiger partial charge is 0.131 e. The van der Waals surface area contributed by atoms with Crippen molar-refractivity contribution in [1.29, 1.82) is 0 Å². The zero-order valence-corrected chi connectivity index (χ0v) is 11.4. The second-order valence-electron chi connectivity index (χ2n) is 4.65. The van der Waals surface area contributed by atoms with E-state index in [4.69, 9.17) is 4.74 Å². The molecule has 0 radical (unpaired) electrons. The van der Waals surface area contributed by atoms with E-state index < -0.39 is 0 Å². The van der Waals surface area contributed by atoms with E-state index in [1.807, 2.05) is 36.4 Å². The van der Waals surface area contributed by atoms with E-state index in [-0.39, 0.29) is 5.82 Å². The fourth-order valence-electron chi connectivity index (χ4n) is 2.10. The van der Waals surface area contributed by atoms with Gasteiger partial charge in [0.15, 0.2) is 0 Å². The molecule has 0 unspecified atom stereocenters. The largest absolute Gasteiger partial charge is 0.497 e. The van der Waals surface area contributed by atoms with Crippen molar-refractivity contribution in [2.45, 2.75) is 26.2 Å². The topological polar surface area (TPSA) is 9.23 Å². The monoisotopic (exact) mass is 258 g/mol. The summed E-state index contributed by atoms with van der Waals surface area (Å²) in [5, 5.41) is 0. The van der Waals surface area contributed by atoms with E-state index in [1.54, 1.807) is 13.2 Å². The van der Waals surface area contributed by atoms with Gasteiger partial charge in [0.1, 0.15) is 11.6 Å². The van der Waals surface area contributed by atoms with Crippen LogP contribution in [-0.4, -0.2) is 7.11 Å². The molecule has 2 heteroatoms. The lowest BCUT2D eigenvalue weighted by Crippen LogP contribution is -1.90. The van der Waals surface area contributed by atoms with Gasteiger partial charge in [-0.1, -0.05) is 37.6 Å². The first-order chi connectivity index (χ1) is 9.24. The molecule has 0 heterocycles. The van der Waals surface area contributed by atoms with Crippen LogP contribution in [0.2, 0.25) is 0 Å². The Kier molecular flexibility index (Phi) is 4.56. The molecule has 0 aliphatic carbocycles. The summed E-state index contributed by atoms with van der Waals surface area (Å²) in [7, 11) is 1.62. The second-order valence-corrected chi connectivity index (χ2v) is 4.65. The molecule has 0 bridgehead atoms. The second kappa shape index (κ2) is 6.37. The molecule has 0 saturated heterocycles. The van der Waals surface area contributed by atoms with Crippen molar-refractivity contribution in [3.8, 4) is 16.9 Å². The average molecular weight is 258 g/mol. The third-order valence-corrected chi connectivity index (χ3v) is 3.25. The zero-order chi connectivity index (χ0) is 13.7. The van der Waals surface area contributed by atoms with Crippen LogP contribution in [-0.2, 0) is 6.42 Å². The fourth-order valence-corrected chi connectivity index (χ4v) is 2.10. The predicted octanol–water partition coefficient (Wildman–Crippen LogP) is 4.84. The molecule has 2 rings (SSSR count). The number of ether oxygens (including phenoxy) is 1. The number of methoxy groups -OCH3 is 1. The van der Waals surface area contributed by atoms with Gasteiger partial charge in [-0.25, -0.2) is 4.39 Å². The van der Waals surface area contributed by atoms with Crippen molar-refractivity contribution in [1.82, 2.24) is 0 Å². The maximum atomic E-state index is 14.1. The van der Waals surface area contributed by atoms with Crippen LogP contribution >= 0.6 is 0 Å². The molecule has 0 amide bonds. The molecule has 0 aliphatic heterocycles. The van der Waals surface area contributed by atoms with Crippen LogP contribution in [0, 0.1) is 5.82 Å². The van der Waals surface area contributed by atoms with E-state index in [2.05, 4.69) is 6.92 Å². The summed E-state index contributed by atoms with van der Waals surface area (Å²) in [6, 6.07) is 13.0. The number of rotatable bonds is 5. The van der Waals surface area contributed by atoms with E-state index in [0.29, 0.717) is 5.56 Å². The Morgan fingerprint density at radius 2 is 1.79 bits per heavy atom. The Labute approximate surface area is 114 Å². The number of aryl methyl sites for hydroxylation is 1. The summed E-state index contributed by atoms with van der Waals surface area (Å²) in [6.07, 6.45) is 3.17. The van der Waals surface area contributed by atoms with E-state index in [0.717, 1.165) is 36.1 Å². The minimum absolute atomic E-state index is 0.154. The number of unbranched alkanes of at least 4 members (excludes halogenated alkanes) is 1. The maximum absolute atomic E-state index is 14.1. The Hall–Kier alpha value is -1.83. The predicted molar refractivity (Wildman–Crippen MR) is 77.0 cm³/mol. The van der Waals surface area contributed by atoms with Crippen molar-refractivity contribution >= 4 is 0 Å². The lowest BCUT2D eigenvalue weighted by Gasteiger charge is -2.07. The normalized spacial score (nSPS) is 10.5. The first kappa shape index (κ1) is 13.6. The molecule has 0 saturated carbocycles. The summed E-state index contributed by atoms with van der Waals surface area (Å²) in [5.41, 5.74) is 2.58. The number of benzene rings is 2. The molecular formula is C17H19FO. The Morgan fingerprint density at radius 3 is 2.37 bits per heavy atom. The minimum Gasteiger partial charge on any atom is -0.497 e. The summed E-state index contributed by atoms with van der Waals surface area (Å²) in [5.74, 6) is 0.627. The molecule has 0 atom stereocenters. The van der Waals surface area contributed by atoms with Crippen LogP contribution in [0.25, 0.3) is 11.1 Å². The van der Waals surface area contributed by atoms with Gasteiger partial charge in [-0.2, -0.15) is 0 Å². The van der Waals surface area contributed by atoms with Crippen LogP contribution in [0.5, 0.6) is 5.75 Å². The SMILES string of the molecule is CCCCc1ccc(-c2ccc(OC)cc2)c(F)c1. The molecule has 0 aromatic heterocycles. The van der Waals surface area contributed by atoms with Crippen molar-refractivity contribution in [2.75, 3.05) is 7.11 Å². The van der Waals surface area contributed by atoms with Crippen molar-refractivity contribution in [2.24, 2.45) is 0 Å². The molecule has 2 aromatic rings. The minimum atomic E-state index is -0.154. The summed E-state index contributed by atoms with van der Waals surface area (Å²) < 4.78 is 19.2. The third kappa shape index (κ3) is 3.34. The summed E-state index contributed by atoms with van der Waals surface area (Å²) >= 11 is 0. The fraction of sp³-hybridized carbons (Fsp3) is 0.294. The lowest BCUT2D eigenvalue weighted by molar-refractivity contribution is 0.415. The zero-order valence-electron chi connectivity index (χ0n) is 11.4. The van der Waals surface area contributed by atoms with E-state index in [9.17, 15) is 4.39 Å². The van der Waals surface area contributed by atoms with Gasteiger partial charge in [0.2, 0.25) is 0 Å². The van der Waals surface area contributed by atoms with Crippen LogP contribution in [0.3, 0.4) is 0 Å². The molecule has 19 heavy (non-hydrogen) atoms. The molecule has 0 spiro atoms. The van der Waals surface area contributed by atoms with Crippen molar-refractivity contribution in [3.05, 3.63) is 53.8 Å². The highest BCUT2D eigenvalue weighted by molar-refractivity contribution is 5.65. The Balaban J connectivity index is 2.24. The molecule has 1 nitrogen and oxygen atoms in total. The molecule has 0 aliphatic rings. The van der Waals surface area contributed by atoms with Gasteiger partial charge in [-0.15, -0.1) is 0 Å². The van der Waals surface area contributed by atoms with Gasteiger partial charge in [0.05, 0.1) is 7.11 Å². The van der Waals surface area contributed by atoms with Gasteiger partial charge >= 0.3 is 0 Å². The molecule has 0 fully saturated rings. The molecule has 0 N–H and O–H groups in total. The average Bonchev–Trinajstić information content (AvgIpc) is 2.45. The Morgan fingerprint density at radius 1 is 1.05 bits per heavy atom. The van der Waals surface area contributed by atoms with Crippen LogP contribution < -0.4 is 4.74 Å².